The Hall–Kier alpha value is -3.68. The van der Waals surface area contributed by atoms with Crippen LogP contribution >= 0.6 is 0 Å². The zero-order valence-corrected chi connectivity index (χ0v) is 15.7. The van der Waals surface area contributed by atoms with Gasteiger partial charge < -0.3 is 16.4 Å². The molecular weight excluding hydrogens is 356 g/mol. The molecule has 2 heterocycles. The van der Waals surface area contributed by atoms with Crippen molar-refractivity contribution in [1.82, 2.24) is 25.4 Å². The highest BCUT2D eigenvalue weighted by molar-refractivity contribution is 5.96. The van der Waals surface area contributed by atoms with Gasteiger partial charge in [0.2, 0.25) is 0 Å². The first-order valence-corrected chi connectivity index (χ1v) is 8.88. The second-order valence-electron chi connectivity index (χ2n) is 6.61. The number of anilines is 1. The molecule has 2 amide bonds. The summed E-state index contributed by atoms with van der Waals surface area (Å²) >= 11 is 0. The normalized spacial score (nSPS) is 10.7. The molecule has 3 rings (SSSR count). The molecule has 0 saturated carbocycles. The van der Waals surface area contributed by atoms with Gasteiger partial charge in [-0.1, -0.05) is 12.1 Å². The minimum atomic E-state index is -0.365. The Morgan fingerprint density at radius 3 is 2.54 bits per heavy atom. The van der Waals surface area contributed by atoms with Gasteiger partial charge in [-0.3, -0.25) is 9.59 Å². The van der Waals surface area contributed by atoms with Crippen LogP contribution in [0.15, 0.2) is 54.9 Å². The Labute approximate surface area is 162 Å². The molecule has 0 aliphatic carbocycles. The average molecular weight is 378 g/mol. The van der Waals surface area contributed by atoms with Crippen LogP contribution in [0.25, 0.3) is 5.69 Å². The number of carbonyl (C=O) groups is 2. The summed E-state index contributed by atoms with van der Waals surface area (Å²) in [4.78, 5) is 28.6. The fraction of sp³-hybridized carbons (Fsp3) is 0.200. The third kappa shape index (κ3) is 4.73. The minimum Gasteiger partial charge on any atom is -0.399 e. The molecule has 3 aromatic rings. The van der Waals surface area contributed by atoms with Crippen molar-refractivity contribution in [2.45, 2.75) is 26.4 Å². The second-order valence-corrected chi connectivity index (χ2v) is 6.61. The molecule has 0 bridgehead atoms. The van der Waals surface area contributed by atoms with Crippen molar-refractivity contribution in [2.24, 2.45) is 0 Å². The average Bonchev–Trinajstić information content (AvgIpc) is 3.15. The predicted octanol–water partition coefficient (Wildman–Crippen LogP) is 1.92. The van der Waals surface area contributed by atoms with E-state index in [1.807, 2.05) is 38.2 Å². The Bertz CT molecular complexity index is 996. The van der Waals surface area contributed by atoms with Crippen molar-refractivity contribution in [1.29, 1.82) is 0 Å². The zero-order chi connectivity index (χ0) is 20.1. The van der Waals surface area contributed by atoms with E-state index in [4.69, 9.17) is 5.73 Å². The number of pyridine rings is 1. The maximum Gasteiger partial charge on any atom is 0.270 e. The van der Waals surface area contributed by atoms with Gasteiger partial charge >= 0.3 is 0 Å². The summed E-state index contributed by atoms with van der Waals surface area (Å²) in [7, 11) is 0. The number of rotatable bonds is 6. The molecule has 0 saturated heterocycles. The topological polar surface area (TPSA) is 115 Å². The van der Waals surface area contributed by atoms with Crippen LogP contribution in [0.4, 0.5) is 5.69 Å². The van der Waals surface area contributed by atoms with Crippen molar-refractivity contribution in [2.75, 3.05) is 5.73 Å². The molecule has 0 aliphatic heterocycles. The fourth-order valence-corrected chi connectivity index (χ4v) is 2.56. The van der Waals surface area contributed by atoms with Crippen LogP contribution < -0.4 is 16.4 Å². The standard InChI is InChI=1S/C20H22N6O2/c1-13(2)24-20(28)18-8-4-7-17(25-18)19(27)22-10-14-11-23-26(12-14)16-6-3-5-15(21)9-16/h3-9,11-13H,10,21H2,1-2H3,(H,22,27)(H,24,28). The van der Waals surface area contributed by atoms with Crippen molar-refractivity contribution in [3.8, 4) is 5.69 Å². The molecule has 144 valence electrons. The van der Waals surface area contributed by atoms with Gasteiger partial charge in [0.25, 0.3) is 11.8 Å². The van der Waals surface area contributed by atoms with E-state index in [0.717, 1.165) is 11.3 Å². The molecule has 0 fully saturated rings. The second kappa shape index (κ2) is 8.34. The Balaban J connectivity index is 1.64. The molecule has 0 unspecified atom stereocenters. The fourth-order valence-electron chi connectivity index (χ4n) is 2.56. The number of nitrogens with one attached hydrogen (secondary N) is 2. The van der Waals surface area contributed by atoms with Gasteiger partial charge in [-0.15, -0.1) is 0 Å². The van der Waals surface area contributed by atoms with Crippen molar-refractivity contribution < 1.29 is 9.59 Å². The zero-order valence-electron chi connectivity index (χ0n) is 15.7. The molecule has 0 atom stereocenters. The van der Waals surface area contributed by atoms with Crippen LogP contribution in [0, 0.1) is 0 Å². The van der Waals surface area contributed by atoms with Crippen LogP contribution in [-0.4, -0.2) is 32.6 Å². The number of nitrogen functional groups attached to an aromatic ring is 1. The van der Waals surface area contributed by atoms with E-state index in [0.29, 0.717) is 5.69 Å². The number of nitrogens with zero attached hydrogens (tertiary/aromatic N) is 3. The molecular formula is C20H22N6O2. The summed E-state index contributed by atoms with van der Waals surface area (Å²) in [6.45, 7) is 4.00. The molecule has 0 radical (unpaired) electrons. The van der Waals surface area contributed by atoms with E-state index in [1.165, 1.54) is 0 Å². The maximum atomic E-state index is 12.4. The van der Waals surface area contributed by atoms with Gasteiger partial charge in [0, 0.05) is 30.0 Å². The summed E-state index contributed by atoms with van der Waals surface area (Å²) in [6.07, 6.45) is 3.48. The van der Waals surface area contributed by atoms with E-state index >= 15 is 0 Å². The molecule has 8 heteroatoms. The third-order valence-corrected chi connectivity index (χ3v) is 3.86. The number of nitrogens with two attached hydrogens (primary N) is 1. The highest BCUT2D eigenvalue weighted by Gasteiger charge is 2.13. The number of hydrogen-bond donors (Lipinski definition) is 3. The molecule has 1 aromatic carbocycles. The molecule has 4 N–H and O–H groups in total. The van der Waals surface area contributed by atoms with Gasteiger partial charge in [0.1, 0.15) is 11.4 Å². The van der Waals surface area contributed by atoms with E-state index in [9.17, 15) is 9.59 Å². The SMILES string of the molecule is CC(C)NC(=O)c1cccc(C(=O)NCc2cnn(-c3cccc(N)c3)c2)n1. The number of benzene rings is 1. The maximum absolute atomic E-state index is 12.4. The van der Waals surface area contributed by atoms with Crippen LogP contribution in [0.1, 0.15) is 40.4 Å². The summed E-state index contributed by atoms with van der Waals surface area (Å²) in [6, 6.07) is 12.1. The summed E-state index contributed by atoms with van der Waals surface area (Å²) in [5, 5.41) is 9.82. The van der Waals surface area contributed by atoms with Crippen LogP contribution in [-0.2, 0) is 6.54 Å². The van der Waals surface area contributed by atoms with Crippen molar-refractivity contribution >= 4 is 17.5 Å². The Morgan fingerprint density at radius 1 is 1.11 bits per heavy atom. The molecule has 8 nitrogen and oxygen atoms in total. The van der Waals surface area contributed by atoms with Gasteiger partial charge in [-0.25, -0.2) is 9.67 Å². The number of hydrogen-bond acceptors (Lipinski definition) is 5. The lowest BCUT2D eigenvalue weighted by atomic mass is 10.2. The van der Waals surface area contributed by atoms with Crippen molar-refractivity contribution in [3.63, 3.8) is 0 Å². The lowest BCUT2D eigenvalue weighted by Crippen LogP contribution is -2.31. The van der Waals surface area contributed by atoms with Gasteiger partial charge in [-0.05, 0) is 44.2 Å². The summed E-state index contributed by atoms with van der Waals surface area (Å²) in [5.74, 6) is -0.677. The highest BCUT2D eigenvalue weighted by atomic mass is 16.2. The van der Waals surface area contributed by atoms with Crippen LogP contribution in [0.5, 0.6) is 0 Å². The predicted molar refractivity (Wildman–Crippen MR) is 106 cm³/mol. The van der Waals surface area contributed by atoms with E-state index in [-0.39, 0.29) is 35.8 Å². The molecule has 0 aliphatic rings. The largest absolute Gasteiger partial charge is 0.399 e. The first kappa shape index (κ1) is 19.1. The minimum absolute atomic E-state index is 0.0108. The first-order valence-electron chi connectivity index (χ1n) is 8.88. The molecule has 28 heavy (non-hydrogen) atoms. The lowest BCUT2D eigenvalue weighted by Gasteiger charge is -2.08. The quantitative estimate of drug-likeness (QED) is 0.567. The number of aromatic nitrogens is 3. The van der Waals surface area contributed by atoms with E-state index < -0.39 is 0 Å². The number of amides is 2. The summed E-state index contributed by atoms with van der Waals surface area (Å²) in [5.41, 5.74) is 8.48. The van der Waals surface area contributed by atoms with Gasteiger partial charge in [0.15, 0.2) is 0 Å². The highest BCUT2D eigenvalue weighted by Crippen LogP contribution is 2.12. The molecule has 2 aromatic heterocycles. The monoisotopic (exact) mass is 378 g/mol. The first-order chi connectivity index (χ1) is 13.4. The van der Waals surface area contributed by atoms with Gasteiger partial charge in [-0.2, -0.15) is 5.10 Å². The molecule has 0 spiro atoms. The number of carbonyl (C=O) groups excluding carboxylic acids is 2. The van der Waals surface area contributed by atoms with Crippen molar-refractivity contribution in [3.05, 3.63) is 71.8 Å². The third-order valence-electron chi connectivity index (χ3n) is 3.86. The van der Waals surface area contributed by atoms with E-state index in [1.54, 1.807) is 35.1 Å². The van der Waals surface area contributed by atoms with Crippen LogP contribution in [0.3, 0.4) is 0 Å². The Morgan fingerprint density at radius 2 is 1.82 bits per heavy atom. The van der Waals surface area contributed by atoms with E-state index in [2.05, 4.69) is 20.7 Å². The van der Waals surface area contributed by atoms with Crippen LogP contribution in [0.2, 0.25) is 0 Å². The smallest absolute Gasteiger partial charge is 0.270 e. The van der Waals surface area contributed by atoms with Gasteiger partial charge in [0.05, 0.1) is 11.9 Å². The summed E-state index contributed by atoms with van der Waals surface area (Å²) < 4.78 is 1.69. The lowest BCUT2D eigenvalue weighted by molar-refractivity contribution is 0.0936. The Kier molecular flexibility index (Phi) is 5.69.